The molecule has 0 spiro atoms. The van der Waals surface area contributed by atoms with E-state index >= 15 is 0 Å². The number of benzene rings is 3. The first-order chi connectivity index (χ1) is 13.1. The molecule has 0 aromatic heterocycles. The fourth-order valence-electron chi connectivity index (χ4n) is 3.52. The Bertz CT molecular complexity index is 793. The minimum Gasteiger partial charge on any atom is -0.463 e. The molecule has 3 rings (SSSR count). The van der Waals surface area contributed by atoms with Crippen molar-refractivity contribution < 1.29 is 9.53 Å². The molecule has 0 aliphatic carbocycles. The lowest BCUT2D eigenvalue weighted by Gasteiger charge is -2.33. The van der Waals surface area contributed by atoms with Crippen LogP contribution in [0.2, 0.25) is 6.04 Å². The molecular formula is C24H24O2Si. The third kappa shape index (κ3) is 4.09. The Balaban J connectivity index is 2.11. The van der Waals surface area contributed by atoms with Gasteiger partial charge in [0, 0.05) is 5.57 Å². The second-order valence-electron chi connectivity index (χ2n) is 6.67. The summed E-state index contributed by atoms with van der Waals surface area (Å²) in [6, 6.07) is 32.6. The third-order valence-electron chi connectivity index (χ3n) is 4.86. The molecule has 0 heterocycles. The van der Waals surface area contributed by atoms with Gasteiger partial charge in [0.2, 0.25) is 0 Å². The highest BCUT2D eigenvalue weighted by atomic mass is 28.3. The maximum Gasteiger partial charge on any atom is 0.333 e. The number of hydrogen-bond acceptors (Lipinski definition) is 2. The minimum atomic E-state index is -2.33. The van der Waals surface area contributed by atoms with Gasteiger partial charge in [-0.05, 0) is 28.5 Å². The van der Waals surface area contributed by atoms with Crippen molar-refractivity contribution in [2.45, 2.75) is 13.0 Å². The number of rotatable bonds is 7. The van der Waals surface area contributed by atoms with Crippen LogP contribution in [0.15, 0.2) is 103 Å². The lowest BCUT2D eigenvalue weighted by Crippen LogP contribution is -2.67. The van der Waals surface area contributed by atoms with Crippen molar-refractivity contribution in [3.8, 4) is 0 Å². The Morgan fingerprint density at radius 1 is 0.778 bits per heavy atom. The van der Waals surface area contributed by atoms with Crippen LogP contribution in [-0.4, -0.2) is 20.7 Å². The van der Waals surface area contributed by atoms with Gasteiger partial charge in [-0.15, -0.1) is 0 Å². The standard InChI is InChI=1S/C24H24O2Si/c1-20(2)24(25)26-18-19-27(21-12-6-3-7-13-21,22-14-8-4-9-15-22)23-16-10-5-11-17-23/h3-17H,1,18-19H2,2H3. The summed E-state index contributed by atoms with van der Waals surface area (Å²) in [7, 11) is -2.33. The Morgan fingerprint density at radius 2 is 1.15 bits per heavy atom. The van der Waals surface area contributed by atoms with Gasteiger partial charge in [-0.25, -0.2) is 4.79 Å². The van der Waals surface area contributed by atoms with Crippen LogP contribution in [0.4, 0.5) is 0 Å². The molecule has 0 fully saturated rings. The van der Waals surface area contributed by atoms with E-state index in [1.807, 2.05) is 18.2 Å². The van der Waals surface area contributed by atoms with Gasteiger partial charge in [0.15, 0.2) is 8.07 Å². The van der Waals surface area contributed by atoms with Gasteiger partial charge < -0.3 is 4.74 Å². The molecule has 3 aromatic rings. The molecule has 0 radical (unpaired) electrons. The SMILES string of the molecule is C=C(C)C(=O)OCC[Si](c1ccccc1)(c1ccccc1)c1ccccc1. The maximum atomic E-state index is 11.9. The van der Waals surface area contributed by atoms with Gasteiger partial charge in [-0.2, -0.15) is 0 Å². The molecule has 0 saturated heterocycles. The molecule has 0 saturated carbocycles. The van der Waals surface area contributed by atoms with Crippen LogP contribution in [0.3, 0.4) is 0 Å². The smallest absolute Gasteiger partial charge is 0.333 e. The summed E-state index contributed by atoms with van der Waals surface area (Å²) in [5.74, 6) is -0.327. The molecule has 0 bridgehead atoms. The van der Waals surface area contributed by atoms with E-state index in [9.17, 15) is 4.79 Å². The van der Waals surface area contributed by atoms with Crippen molar-refractivity contribution in [1.29, 1.82) is 0 Å². The summed E-state index contributed by atoms with van der Waals surface area (Å²) >= 11 is 0. The molecular weight excluding hydrogens is 348 g/mol. The number of ether oxygens (including phenoxy) is 1. The van der Waals surface area contributed by atoms with Crippen molar-refractivity contribution in [3.63, 3.8) is 0 Å². The Hall–Kier alpha value is -2.91. The van der Waals surface area contributed by atoms with E-state index in [1.54, 1.807) is 6.92 Å². The molecule has 3 aromatic carbocycles. The van der Waals surface area contributed by atoms with E-state index in [-0.39, 0.29) is 5.97 Å². The number of esters is 1. The topological polar surface area (TPSA) is 26.3 Å². The van der Waals surface area contributed by atoms with Gasteiger partial charge in [0.1, 0.15) is 0 Å². The summed E-state index contributed by atoms with van der Waals surface area (Å²) in [5.41, 5.74) is 0.432. The van der Waals surface area contributed by atoms with Crippen molar-refractivity contribution in [2.24, 2.45) is 0 Å². The number of hydrogen-bond donors (Lipinski definition) is 0. The molecule has 0 atom stereocenters. The lowest BCUT2D eigenvalue weighted by atomic mass is 10.3. The van der Waals surface area contributed by atoms with Crippen molar-refractivity contribution in [3.05, 3.63) is 103 Å². The van der Waals surface area contributed by atoms with Crippen LogP contribution in [0.25, 0.3) is 0 Å². The Labute approximate surface area is 162 Å². The van der Waals surface area contributed by atoms with E-state index < -0.39 is 8.07 Å². The fraction of sp³-hybridized carbons (Fsp3) is 0.125. The monoisotopic (exact) mass is 372 g/mol. The molecule has 0 amide bonds. The van der Waals surface area contributed by atoms with Crippen molar-refractivity contribution in [1.82, 2.24) is 0 Å². The van der Waals surface area contributed by atoms with Crippen LogP contribution in [0.1, 0.15) is 6.92 Å². The van der Waals surface area contributed by atoms with Crippen LogP contribution in [0, 0.1) is 0 Å². The molecule has 0 N–H and O–H groups in total. The predicted molar refractivity (Wildman–Crippen MR) is 115 cm³/mol. The summed E-state index contributed by atoms with van der Waals surface area (Å²) < 4.78 is 5.52. The van der Waals surface area contributed by atoms with Gasteiger partial charge in [-0.1, -0.05) is 97.6 Å². The molecule has 3 heteroatoms. The van der Waals surface area contributed by atoms with Crippen LogP contribution >= 0.6 is 0 Å². The van der Waals surface area contributed by atoms with E-state index in [1.165, 1.54) is 15.6 Å². The van der Waals surface area contributed by atoms with Crippen LogP contribution in [0.5, 0.6) is 0 Å². The second-order valence-corrected chi connectivity index (χ2v) is 10.7. The largest absolute Gasteiger partial charge is 0.463 e. The average molecular weight is 373 g/mol. The van der Waals surface area contributed by atoms with Crippen LogP contribution in [-0.2, 0) is 9.53 Å². The van der Waals surface area contributed by atoms with Crippen molar-refractivity contribution >= 4 is 29.6 Å². The zero-order valence-corrected chi connectivity index (χ0v) is 16.6. The normalized spacial score (nSPS) is 11.0. The lowest BCUT2D eigenvalue weighted by molar-refractivity contribution is -0.138. The first kappa shape index (κ1) is 18.9. The van der Waals surface area contributed by atoms with E-state index in [0.29, 0.717) is 12.2 Å². The first-order valence-corrected chi connectivity index (χ1v) is 11.3. The highest BCUT2D eigenvalue weighted by molar-refractivity contribution is 7.11. The predicted octanol–water partition coefficient (Wildman–Crippen LogP) is 3.28. The second kappa shape index (κ2) is 8.65. The zero-order valence-electron chi connectivity index (χ0n) is 15.6. The number of carbonyl (C=O) groups excluding carboxylic acids is 1. The van der Waals surface area contributed by atoms with E-state index in [4.69, 9.17) is 4.74 Å². The van der Waals surface area contributed by atoms with Crippen LogP contribution < -0.4 is 15.6 Å². The summed E-state index contributed by atoms with van der Waals surface area (Å²) in [6.45, 7) is 5.73. The van der Waals surface area contributed by atoms with E-state index in [2.05, 4.69) is 79.4 Å². The first-order valence-electron chi connectivity index (χ1n) is 9.14. The molecule has 2 nitrogen and oxygen atoms in total. The zero-order chi connectivity index (χ0) is 19.1. The molecule has 0 aliphatic rings. The highest BCUT2D eigenvalue weighted by Gasteiger charge is 2.39. The van der Waals surface area contributed by atoms with Gasteiger partial charge >= 0.3 is 5.97 Å². The summed E-state index contributed by atoms with van der Waals surface area (Å²) in [6.07, 6.45) is 0. The molecule has 27 heavy (non-hydrogen) atoms. The maximum absolute atomic E-state index is 11.9. The molecule has 0 aliphatic heterocycles. The van der Waals surface area contributed by atoms with Gasteiger partial charge in [0.05, 0.1) is 6.61 Å². The minimum absolute atomic E-state index is 0.327. The fourth-order valence-corrected chi connectivity index (χ4v) is 8.08. The quantitative estimate of drug-likeness (QED) is 0.275. The van der Waals surface area contributed by atoms with Crippen molar-refractivity contribution in [2.75, 3.05) is 6.61 Å². The highest BCUT2D eigenvalue weighted by Crippen LogP contribution is 2.14. The van der Waals surface area contributed by atoms with Gasteiger partial charge in [0.25, 0.3) is 0 Å². The summed E-state index contributed by atoms with van der Waals surface area (Å²) in [4.78, 5) is 11.9. The molecule has 136 valence electrons. The Kier molecular flexibility index (Phi) is 6.04. The number of carbonyl (C=O) groups is 1. The van der Waals surface area contributed by atoms with E-state index in [0.717, 1.165) is 6.04 Å². The molecule has 0 unspecified atom stereocenters. The summed E-state index contributed by atoms with van der Waals surface area (Å²) in [5, 5.41) is 3.94. The Morgan fingerprint density at radius 3 is 1.48 bits per heavy atom. The van der Waals surface area contributed by atoms with Gasteiger partial charge in [-0.3, -0.25) is 0 Å². The average Bonchev–Trinajstić information content (AvgIpc) is 2.73. The third-order valence-corrected chi connectivity index (χ3v) is 9.77.